The molecular formula is C26H29N3O2. The Labute approximate surface area is 183 Å². The van der Waals surface area contributed by atoms with Crippen LogP contribution < -0.4 is 5.32 Å². The largest absolute Gasteiger partial charge is 0.335 e. The van der Waals surface area contributed by atoms with E-state index in [0.717, 1.165) is 48.3 Å². The lowest BCUT2D eigenvalue weighted by molar-refractivity contribution is -0.114. The topological polar surface area (TPSA) is 61.8 Å². The zero-order valence-corrected chi connectivity index (χ0v) is 18.7. The molecule has 2 bridgehead atoms. The Morgan fingerprint density at radius 1 is 1.10 bits per heavy atom. The van der Waals surface area contributed by atoms with Crippen LogP contribution in [-0.2, 0) is 23.1 Å². The Kier molecular flexibility index (Phi) is 4.37. The van der Waals surface area contributed by atoms with Crippen LogP contribution in [0.5, 0.6) is 0 Å². The predicted octanol–water partition coefficient (Wildman–Crippen LogP) is 4.66. The van der Waals surface area contributed by atoms with E-state index in [1.165, 1.54) is 18.1 Å². The average molecular weight is 416 g/mol. The Hall–Kier alpha value is -2.95. The second-order valence-electron chi connectivity index (χ2n) is 9.93. The molecule has 2 atom stereocenters. The number of aliphatic imine (C=N–C) groups is 1. The number of benzene rings is 2. The van der Waals surface area contributed by atoms with E-state index in [-0.39, 0.29) is 28.7 Å². The molecule has 5 heteroatoms. The zero-order chi connectivity index (χ0) is 22.0. The molecule has 2 aliphatic heterocycles. The molecular weight excluding hydrogens is 386 g/mol. The van der Waals surface area contributed by atoms with Crippen LogP contribution in [0.3, 0.4) is 0 Å². The van der Waals surface area contributed by atoms with Crippen LogP contribution >= 0.6 is 0 Å². The summed E-state index contributed by atoms with van der Waals surface area (Å²) in [6, 6.07) is 12.3. The number of fused-ring (bicyclic) bond motifs is 5. The van der Waals surface area contributed by atoms with Gasteiger partial charge in [-0.1, -0.05) is 26.8 Å². The van der Waals surface area contributed by atoms with Crippen molar-refractivity contribution in [2.75, 3.05) is 11.9 Å². The van der Waals surface area contributed by atoms with Gasteiger partial charge < -0.3 is 10.2 Å². The van der Waals surface area contributed by atoms with Crippen molar-refractivity contribution in [3.63, 3.8) is 0 Å². The Balaban J connectivity index is 1.52. The first-order valence-corrected chi connectivity index (χ1v) is 11.1. The number of carbonyl (C=O) groups is 2. The highest BCUT2D eigenvalue weighted by atomic mass is 16.2. The number of carbonyl (C=O) groups excluding carboxylic acids is 2. The van der Waals surface area contributed by atoms with Gasteiger partial charge in [0.15, 0.2) is 0 Å². The Morgan fingerprint density at radius 2 is 1.90 bits per heavy atom. The summed E-state index contributed by atoms with van der Waals surface area (Å²) in [5.74, 6) is 0.0381. The Morgan fingerprint density at radius 3 is 2.68 bits per heavy atom. The summed E-state index contributed by atoms with van der Waals surface area (Å²) in [6.07, 6.45) is 4.41. The Bertz CT molecular complexity index is 1130. The number of hydrogen-bond acceptors (Lipinski definition) is 3. The number of hydrogen-bond donors (Lipinski definition) is 1. The molecule has 2 unspecified atom stereocenters. The van der Waals surface area contributed by atoms with Crippen LogP contribution in [-0.4, -0.2) is 35.5 Å². The summed E-state index contributed by atoms with van der Waals surface area (Å²) in [7, 11) is 0. The average Bonchev–Trinajstić information content (AvgIpc) is 3.17. The number of nitrogens with zero attached hydrogens (tertiary/aromatic N) is 2. The molecule has 1 aliphatic carbocycles. The van der Waals surface area contributed by atoms with Gasteiger partial charge in [0, 0.05) is 48.8 Å². The number of anilines is 1. The van der Waals surface area contributed by atoms with Gasteiger partial charge in [0.1, 0.15) is 0 Å². The van der Waals surface area contributed by atoms with Crippen LogP contribution in [0.2, 0.25) is 0 Å². The lowest BCUT2D eigenvalue weighted by Crippen LogP contribution is -2.64. The summed E-state index contributed by atoms with van der Waals surface area (Å²) < 4.78 is 0. The molecule has 2 amide bonds. The fraction of sp³-hybridized carbons (Fsp3) is 0.423. The third-order valence-corrected chi connectivity index (χ3v) is 8.05. The van der Waals surface area contributed by atoms with Crippen LogP contribution in [0, 0.1) is 5.41 Å². The molecule has 31 heavy (non-hydrogen) atoms. The quantitative estimate of drug-likeness (QED) is 0.776. The van der Waals surface area contributed by atoms with E-state index in [4.69, 9.17) is 0 Å². The first kappa shape index (κ1) is 20.0. The van der Waals surface area contributed by atoms with Crippen molar-refractivity contribution in [3.05, 3.63) is 58.7 Å². The maximum atomic E-state index is 13.6. The second-order valence-corrected chi connectivity index (χ2v) is 9.93. The second kappa shape index (κ2) is 6.78. The van der Waals surface area contributed by atoms with Crippen molar-refractivity contribution in [1.82, 2.24) is 4.90 Å². The van der Waals surface area contributed by atoms with Gasteiger partial charge in [0.05, 0.1) is 5.69 Å². The standard InChI is InChI=1S/C26H29N3O2/c1-16(30)28-20-6-7-21-19(14-20)15-23-25(2,3)26(21,4)10-12-29(23)24(31)18-5-8-22-17(13-18)9-11-27-22/h5-8,11,13-14,23H,9-10,12,15H2,1-4H3,(H,28,30). The minimum Gasteiger partial charge on any atom is -0.335 e. The zero-order valence-electron chi connectivity index (χ0n) is 18.7. The predicted molar refractivity (Wildman–Crippen MR) is 123 cm³/mol. The molecule has 5 nitrogen and oxygen atoms in total. The van der Waals surface area contributed by atoms with Gasteiger partial charge in [0.25, 0.3) is 5.91 Å². The molecule has 0 aromatic heterocycles. The molecule has 5 rings (SSSR count). The lowest BCUT2D eigenvalue weighted by atomic mass is 9.51. The SMILES string of the molecule is CC(=O)Nc1ccc2c(c1)CC1N(C(=O)c3ccc4c(c3)CC=N4)CCC2(C)C1(C)C. The van der Waals surface area contributed by atoms with Crippen LogP contribution in [0.25, 0.3) is 0 Å². The van der Waals surface area contributed by atoms with Crippen molar-refractivity contribution in [2.45, 2.75) is 58.4 Å². The van der Waals surface area contributed by atoms with Crippen molar-refractivity contribution in [3.8, 4) is 0 Å². The third-order valence-electron chi connectivity index (χ3n) is 8.05. The molecule has 1 fully saturated rings. The summed E-state index contributed by atoms with van der Waals surface area (Å²) >= 11 is 0. The van der Waals surface area contributed by atoms with Crippen molar-refractivity contribution in [2.24, 2.45) is 10.4 Å². The first-order valence-electron chi connectivity index (χ1n) is 11.1. The fourth-order valence-corrected chi connectivity index (χ4v) is 5.88. The van der Waals surface area contributed by atoms with E-state index in [1.54, 1.807) is 0 Å². The minimum atomic E-state index is -0.0695. The van der Waals surface area contributed by atoms with Gasteiger partial charge in [-0.2, -0.15) is 0 Å². The number of likely N-dealkylation sites (tertiary alicyclic amines) is 1. The summed E-state index contributed by atoms with van der Waals surface area (Å²) in [5.41, 5.74) is 6.17. The summed E-state index contributed by atoms with van der Waals surface area (Å²) in [5, 5.41) is 2.91. The highest BCUT2D eigenvalue weighted by Gasteiger charge is 2.56. The molecule has 160 valence electrons. The molecule has 1 N–H and O–H groups in total. The highest BCUT2D eigenvalue weighted by Crippen LogP contribution is 2.56. The summed E-state index contributed by atoms with van der Waals surface area (Å²) in [4.78, 5) is 31.7. The van der Waals surface area contributed by atoms with Gasteiger partial charge in [-0.3, -0.25) is 14.6 Å². The molecule has 1 saturated heterocycles. The van der Waals surface area contributed by atoms with Gasteiger partial charge in [0.2, 0.25) is 5.91 Å². The third kappa shape index (κ3) is 2.93. The van der Waals surface area contributed by atoms with Gasteiger partial charge >= 0.3 is 0 Å². The van der Waals surface area contributed by atoms with E-state index in [2.05, 4.69) is 48.1 Å². The maximum absolute atomic E-state index is 13.6. The first-order chi connectivity index (χ1) is 14.7. The number of amides is 2. The number of rotatable bonds is 2. The number of piperidine rings is 1. The highest BCUT2D eigenvalue weighted by molar-refractivity contribution is 5.96. The van der Waals surface area contributed by atoms with Gasteiger partial charge in [-0.15, -0.1) is 0 Å². The van der Waals surface area contributed by atoms with E-state index in [0.29, 0.717) is 0 Å². The lowest BCUT2D eigenvalue weighted by Gasteiger charge is -2.60. The van der Waals surface area contributed by atoms with Crippen LogP contribution in [0.1, 0.15) is 61.2 Å². The molecule has 0 radical (unpaired) electrons. The van der Waals surface area contributed by atoms with Crippen LogP contribution in [0.15, 0.2) is 41.4 Å². The molecule has 0 saturated carbocycles. The monoisotopic (exact) mass is 415 g/mol. The maximum Gasteiger partial charge on any atom is 0.254 e. The molecule has 0 spiro atoms. The van der Waals surface area contributed by atoms with E-state index in [1.807, 2.05) is 30.5 Å². The van der Waals surface area contributed by atoms with Gasteiger partial charge in [-0.25, -0.2) is 0 Å². The van der Waals surface area contributed by atoms with E-state index >= 15 is 0 Å². The number of nitrogens with one attached hydrogen (secondary N) is 1. The van der Waals surface area contributed by atoms with Gasteiger partial charge in [-0.05, 0) is 65.3 Å². The van der Waals surface area contributed by atoms with Crippen molar-refractivity contribution in [1.29, 1.82) is 0 Å². The molecule has 3 aliphatic rings. The smallest absolute Gasteiger partial charge is 0.254 e. The van der Waals surface area contributed by atoms with E-state index < -0.39 is 0 Å². The molecule has 2 aromatic rings. The molecule has 2 aromatic carbocycles. The molecule has 2 heterocycles. The minimum absolute atomic E-state index is 0.0252. The van der Waals surface area contributed by atoms with E-state index in [9.17, 15) is 9.59 Å². The van der Waals surface area contributed by atoms with Crippen LogP contribution in [0.4, 0.5) is 11.4 Å². The normalized spacial score (nSPS) is 25.0. The van der Waals surface area contributed by atoms with Crippen molar-refractivity contribution >= 4 is 29.4 Å². The fourth-order valence-electron chi connectivity index (χ4n) is 5.88. The van der Waals surface area contributed by atoms with Crippen molar-refractivity contribution < 1.29 is 9.59 Å². The summed E-state index contributed by atoms with van der Waals surface area (Å²) in [6.45, 7) is 9.23.